The molecule has 1 rings (SSSR count). The molecule has 0 spiro atoms. The number of Topliss-reactive ketones (excluding diaryl/α,β-unsaturated/α-hetero) is 1. The molecular weight excluding hydrogens is 213 g/mol. The number of pyridine rings is 1. The van der Waals surface area contributed by atoms with Gasteiger partial charge in [0.15, 0.2) is 6.61 Å². The second-order valence-electron chi connectivity index (χ2n) is 2.29. The van der Waals surface area contributed by atoms with Gasteiger partial charge in [-0.25, -0.2) is 9.78 Å². The smallest absolute Gasteiger partial charge is 0.404 e. The van der Waals surface area contributed by atoms with Gasteiger partial charge in [-0.2, -0.15) is 4.39 Å². The molecule has 1 heterocycles. The lowest BCUT2D eigenvalue weighted by Crippen LogP contribution is -2.12. The van der Waals surface area contributed by atoms with Crippen molar-refractivity contribution in [3.05, 3.63) is 29.8 Å². The first-order valence-electron chi connectivity index (χ1n) is 3.57. The maximum Gasteiger partial charge on any atom is 0.404 e. The number of nitrogens with zero attached hydrogens (tertiary/aromatic N) is 1. The van der Waals surface area contributed by atoms with E-state index < -0.39 is 23.8 Å². The number of rotatable bonds is 3. The summed E-state index contributed by atoms with van der Waals surface area (Å²) in [7, 11) is 0. The lowest BCUT2D eigenvalue weighted by Gasteiger charge is -2.00. The molecule has 0 aromatic carbocycles. The number of halogens is 2. The molecule has 0 fully saturated rings. The summed E-state index contributed by atoms with van der Waals surface area (Å²) in [6, 6.07) is 2.64. The highest BCUT2D eigenvalue weighted by Crippen LogP contribution is 2.04. The van der Waals surface area contributed by atoms with E-state index in [0.717, 1.165) is 0 Å². The summed E-state index contributed by atoms with van der Waals surface area (Å²) < 4.78 is 17.1. The van der Waals surface area contributed by atoms with Crippen LogP contribution in [0.4, 0.5) is 9.18 Å². The SMILES string of the molecule is O=C(Cl)OCC(=O)c1cccnc1F. The third-order valence-electron chi connectivity index (χ3n) is 1.38. The molecule has 0 saturated heterocycles. The summed E-state index contributed by atoms with van der Waals surface area (Å²) in [4.78, 5) is 24.6. The predicted molar refractivity (Wildman–Crippen MR) is 45.7 cm³/mol. The minimum Gasteiger partial charge on any atom is -0.445 e. The average Bonchev–Trinajstić information content (AvgIpc) is 2.15. The van der Waals surface area contributed by atoms with Crippen LogP contribution in [0.2, 0.25) is 0 Å². The highest BCUT2D eigenvalue weighted by molar-refractivity contribution is 6.61. The standard InChI is InChI=1S/C8H5ClFNO3/c9-8(13)14-4-6(12)5-2-1-3-11-7(5)10/h1-3H,4H2. The highest BCUT2D eigenvalue weighted by Gasteiger charge is 2.13. The molecule has 1 aromatic rings. The van der Waals surface area contributed by atoms with E-state index >= 15 is 0 Å². The highest BCUT2D eigenvalue weighted by atomic mass is 35.5. The molecular formula is C8H5ClFNO3. The summed E-state index contributed by atoms with van der Waals surface area (Å²) in [6.45, 7) is -0.592. The number of ether oxygens (including phenoxy) is 1. The van der Waals surface area contributed by atoms with Gasteiger partial charge in [0.2, 0.25) is 11.7 Å². The number of hydrogen-bond donors (Lipinski definition) is 0. The Kier molecular flexibility index (Phi) is 3.53. The van der Waals surface area contributed by atoms with Crippen molar-refractivity contribution >= 4 is 22.8 Å². The first kappa shape index (κ1) is 10.6. The molecule has 0 aliphatic carbocycles. The maximum atomic E-state index is 12.9. The number of hydrogen-bond acceptors (Lipinski definition) is 4. The van der Waals surface area contributed by atoms with E-state index in [1.165, 1.54) is 18.3 Å². The van der Waals surface area contributed by atoms with Crippen LogP contribution in [0.25, 0.3) is 0 Å². The van der Waals surface area contributed by atoms with Crippen LogP contribution in [0, 0.1) is 5.95 Å². The van der Waals surface area contributed by atoms with E-state index in [-0.39, 0.29) is 5.56 Å². The second-order valence-corrected chi connectivity index (χ2v) is 2.60. The Morgan fingerprint density at radius 1 is 1.57 bits per heavy atom. The summed E-state index contributed by atoms with van der Waals surface area (Å²) in [5, 5.41) is 0. The van der Waals surface area contributed by atoms with Gasteiger partial charge < -0.3 is 4.74 Å². The van der Waals surface area contributed by atoms with Crippen LogP contribution in [0.3, 0.4) is 0 Å². The zero-order valence-corrected chi connectivity index (χ0v) is 7.62. The molecule has 74 valence electrons. The van der Waals surface area contributed by atoms with Gasteiger partial charge in [0.25, 0.3) is 0 Å². The Labute approximate surface area is 83.7 Å². The fraction of sp³-hybridized carbons (Fsp3) is 0.125. The Hall–Kier alpha value is -1.49. The zero-order valence-electron chi connectivity index (χ0n) is 6.87. The minimum atomic E-state index is -1.11. The summed E-state index contributed by atoms with van der Waals surface area (Å²) >= 11 is 4.83. The van der Waals surface area contributed by atoms with E-state index in [4.69, 9.17) is 11.6 Å². The Bertz CT molecular complexity index is 369. The van der Waals surface area contributed by atoms with Crippen LogP contribution in [0.5, 0.6) is 0 Å². The van der Waals surface area contributed by atoms with E-state index in [9.17, 15) is 14.0 Å². The van der Waals surface area contributed by atoms with Crippen molar-refractivity contribution in [1.29, 1.82) is 0 Å². The van der Waals surface area contributed by atoms with Crippen molar-refractivity contribution in [3.8, 4) is 0 Å². The molecule has 0 radical (unpaired) electrons. The van der Waals surface area contributed by atoms with E-state index in [1.54, 1.807) is 0 Å². The first-order chi connectivity index (χ1) is 6.61. The summed E-state index contributed by atoms with van der Waals surface area (Å²) in [6.07, 6.45) is 1.21. The number of aromatic nitrogens is 1. The molecule has 1 aromatic heterocycles. The van der Waals surface area contributed by atoms with Gasteiger partial charge in [-0.1, -0.05) is 0 Å². The maximum absolute atomic E-state index is 12.9. The van der Waals surface area contributed by atoms with Crippen LogP contribution >= 0.6 is 11.6 Å². The van der Waals surface area contributed by atoms with Crippen molar-refractivity contribution in [2.75, 3.05) is 6.61 Å². The number of ketones is 1. The lowest BCUT2D eigenvalue weighted by molar-refractivity contribution is 0.0871. The largest absolute Gasteiger partial charge is 0.445 e. The first-order valence-corrected chi connectivity index (χ1v) is 3.95. The molecule has 0 saturated carbocycles. The van der Waals surface area contributed by atoms with Gasteiger partial charge in [-0.3, -0.25) is 4.79 Å². The fourth-order valence-corrected chi connectivity index (χ4v) is 0.849. The molecule has 0 atom stereocenters. The molecule has 14 heavy (non-hydrogen) atoms. The van der Waals surface area contributed by atoms with Crippen molar-refractivity contribution in [3.63, 3.8) is 0 Å². The second kappa shape index (κ2) is 4.66. The van der Waals surface area contributed by atoms with E-state index in [1.807, 2.05) is 0 Å². The van der Waals surface area contributed by atoms with Gasteiger partial charge in [0, 0.05) is 17.8 Å². The van der Waals surface area contributed by atoms with Gasteiger partial charge in [0.05, 0.1) is 5.56 Å². The fourth-order valence-electron chi connectivity index (χ4n) is 0.794. The number of carbonyl (C=O) groups is 2. The Balaban J connectivity index is 2.70. The van der Waals surface area contributed by atoms with Crippen LogP contribution in [-0.4, -0.2) is 22.8 Å². The Morgan fingerprint density at radius 2 is 2.29 bits per heavy atom. The van der Waals surface area contributed by atoms with Crippen molar-refractivity contribution in [1.82, 2.24) is 4.98 Å². The van der Waals surface area contributed by atoms with Gasteiger partial charge in [-0.15, -0.1) is 0 Å². The van der Waals surface area contributed by atoms with Crippen molar-refractivity contribution < 1.29 is 18.7 Å². The molecule has 4 nitrogen and oxygen atoms in total. The topological polar surface area (TPSA) is 56.3 Å². The normalized spacial score (nSPS) is 9.57. The molecule has 0 unspecified atom stereocenters. The lowest BCUT2D eigenvalue weighted by atomic mass is 10.2. The van der Waals surface area contributed by atoms with Crippen LogP contribution < -0.4 is 0 Å². The van der Waals surface area contributed by atoms with Crippen molar-refractivity contribution in [2.45, 2.75) is 0 Å². The van der Waals surface area contributed by atoms with Gasteiger partial charge in [-0.05, 0) is 12.1 Å². The average molecular weight is 218 g/mol. The monoisotopic (exact) mass is 217 g/mol. The Morgan fingerprint density at radius 3 is 2.86 bits per heavy atom. The molecule has 0 amide bonds. The third kappa shape index (κ3) is 2.77. The molecule has 0 N–H and O–H groups in total. The molecule has 6 heteroatoms. The molecule has 0 aliphatic heterocycles. The predicted octanol–water partition coefficient (Wildman–Crippen LogP) is 1.78. The minimum absolute atomic E-state index is 0.231. The van der Waals surface area contributed by atoms with Crippen LogP contribution in [-0.2, 0) is 4.74 Å². The third-order valence-corrected chi connectivity index (χ3v) is 1.49. The van der Waals surface area contributed by atoms with E-state index in [2.05, 4.69) is 9.72 Å². The zero-order chi connectivity index (χ0) is 10.6. The van der Waals surface area contributed by atoms with Crippen LogP contribution in [0.15, 0.2) is 18.3 Å². The molecule has 0 bridgehead atoms. The van der Waals surface area contributed by atoms with Crippen molar-refractivity contribution in [2.24, 2.45) is 0 Å². The number of carbonyl (C=O) groups excluding carboxylic acids is 2. The van der Waals surface area contributed by atoms with Crippen LogP contribution in [0.1, 0.15) is 10.4 Å². The van der Waals surface area contributed by atoms with E-state index in [0.29, 0.717) is 0 Å². The quantitative estimate of drug-likeness (QED) is 0.440. The van der Waals surface area contributed by atoms with Gasteiger partial charge in [0.1, 0.15) is 0 Å². The molecule has 0 aliphatic rings. The van der Waals surface area contributed by atoms with Gasteiger partial charge >= 0.3 is 5.43 Å². The summed E-state index contributed by atoms with van der Waals surface area (Å²) in [5.41, 5.74) is -1.34. The summed E-state index contributed by atoms with van der Waals surface area (Å²) in [5.74, 6) is -1.59.